The number of likely N-dealkylation sites (tertiary alicyclic amines) is 1. The van der Waals surface area contributed by atoms with E-state index in [0.29, 0.717) is 38.2 Å². The summed E-state index contributed by atoms with van der Waals surface area (Å²) in [4.78, 5) is 13.8. The van der Waals surface area contributed by atoms with Crippen LogP contribution in [0.15, 0.2) is 24.3 Å². The summed E-state index contributed by atoms with van der Waals surface area (Å²) in [5.74, 6) is -0.316. The molecule has 2 aliphatic rings. The van der Waals surface area contributed by atoms with Gasteiger partial charge in [0.2, 0.25) is 15.9 Å². The monoisotopic (exact) mass is 368 g/mol. The first-order valence-corrected chi connectivity index (χ1v) is 10.4. The first-order chi connectivity index (χ1) is 11.8. The van der Waals surface area contributed by atoms with Crippen molar-refractivity contribution in [3.05, 3.63) is 35.6 Å². The number of hydrogen-bond acceptors (Lipinski definition) is 3. The summed E-state index contributed by atoms with van der Waals surface area (Å²) in [6.45, 7) is 4.27. The molecule has 0 unspecified atom stereocenters. The SMILES string of the molecule is CCN1C[C@@]2(CCCN(S(=O)(=O)Cc3ccc(F)cc3)C2)CCC1=O. The molecule has 25 heavy (non-hydrogen) atoms. The Balaban J connectivity index is 1.74. The van der Waals surface area contributed by atoms with Crippen LogP contribution in [0.4, 0.5) is 4.39 Å². The zero-order chi connectivity index (χ0) is 18.1. The Labute approximate surface area is 148 Å². The molecule has 1 atom stereocenters. The van der Waals surface area contributed by atoms with E-state index < -0.39 is 10.0 Å². The lowest BCUT2D eigenvalue weighted by atomic mass is 9.74. The second-order valence-corrected chi connectivity index (χ2v) is 9.20. The molecule has 0 aromatic heterocycles. The third-order valence-corrected chi connectivity index (χ3v) is 7.21. The first-order valence-electron chi connectivity index (χ1n) is 8.84. The zero-order valence-corrected chi connectivity index (χ0v) is 15.4. The van der Waals surface area contributed by atoms with E-state index in [2.05, 4.69) is 0 Å². The fraction of sp³-hybridized carbons (Fsp3) is 0.611. The highest BCUT2D eigenvalue weighted by molar-refractivity contribution is 7.88. The number of hydrogen-bond donors (Lipinski definition) is 0. The molecule has 1 aromatic rings. The number of nitrogens with zero attached hydrogens (tertiary/aromatic N) is 2. The molecule has 7 heteroatoms. The standard InChI is InChI=1S/C18H25FN2O3S/c1-2-20-13-18(10-8-17(20)22)9-3-11-21(14-18)25(23,24)12-15-4-6-16(19)7-5-15/h4-7H,2-3,8-14H2,1H3/t18-/m1/s1. The van der Waals surface area contributed by atoms with Crippen LogP contribution in [-0.4, -0.2) is 49.7 Å². The summed E-state index contributed by atoms with van der Waals surface area (Å²) in [5.41, 5.74) is 0.466. The van der Waals surface area contributed by atoms with E-state index in [1.54, 1.807) is 4.31 Å². The molecule has 2 saturated heterocycles. The number of amides is 1. The van der Waals surface area contributed by atoms with Gasteiger partial charge in [-0.05, 0) is 43.9 Å². The average Bonchev–Trinajstić information content (AvgIpc) is 2.59. The van der Waals surface area contributed by atoms with E-state index in [9.17, 15) is 17.6 Å². The average molecular weight is 368 g/mol. The van der Waals surface area contributed by atoms with Gasteiger partial charge in [-0.25, -0.2) is 17.1 Å². The van der Waals surface area contributed by atoms with E-state index in [4.69, 9.17) is 0 Å². The van der Waals surface area contributed by atoms with Crippen molar-refractivity contribution < 1.29 is 17.6 Å². The van der Waals surface area contributed by atoms with Crippen molar-refractivity contribution in [2.75, 3.05) is 26.2 Å². The number of rotatable bonds is 4. The minimum atomic E-state index is -3.45. The predicted molar refractivity (Wildman–Crippen MR) is 93.8 cm³/mol. The van der Waals surface area contributed by atoms with Crippen molar-refractivity contribution in [2.45, 2.75) is 38.4 Å². The largest absolute Gasteiger partial charge is 0.342 e. The van der Waals surface area contributed by atoms with Crippen LogP contribution in [0.3, 0.4) is 0 Å². The molecular weight excluding hydrogens is 343 g/mol. The maximum Gasteiger partial charge on any atom is 0.222 e. The molecule has 1 spiro atoms. The Bertz CT molecular complexity index is 735. The van der Waals surface area contributed by atoms with Crippen molar-refractivity contribution in [1.82, 2.24) is 9.21 Å². The lowest BCUT2D eigenvalue weighted by Crippen LogP contribution is -2.55. The van der Waals surface area contributed by atoms with Crippen LogP contribution in [0.1, 0.15) is 38.2 Å². The normalized spacial score (nSPS) is 25.5. The summed E-state index contributed by atoms with van der Waals surface area (Å²) in [7, 11) is -3.45. The Morgan fingerprint density at radius 1 is 1.16 bits per heavy atom. The zero-order valence-electron chi connectivity index (χ0n) is 14.6. The molecule has 0 radical (unpaired) electrons. The van der Waals surface area contributed by atoms with Crippen LogP contribution < -0.4 is 0 Å². The Kier molecular flexibility index (Phi) is 5.16. The second-order valence-electron chi connectivity index (χ2n) is 7.23. The van der Waals surface area contributed by atoms with Crippen LogP contribution in [-0.2, 0) is 20.6 Å². The van der Waals surface area contributed by atoms with Crippen molar-refractivity contribution in [2.24, 2.45) is 5.41 Å². The number of carbonyl (C=O) groups is 1. The van der Waals surface area contributed by atoms with Crippen LogP contribution >= 0.6 is 0 Å². The van der Waals surface area contributed by atoms with E-state index in [-0.39, 0.29) is 22.9 Å². The number of sulfonamides is 1. The third-order valence-electron chi connectivity index (χ3n) is 5.41. The number of halogens is 1. The van der Waals surface area contributed by atoms with Crippen LogP contribution in [0.5, 0.6) is 0 Å². The Morgan fingerprint density at radius 2 is 1.88 bits per heavy atom. The van der Waals surface area contributed by atoms with Crippen molar-refractivity contribution >= 4 is 15.9 Å². The van der Waals surface area contributed by atoms with E-state index in [1.165, 1.54) is 24.3 Å². The fourth-order valence-electron chi connectivity index (χ4n) is 4.01. The Hall–Kier alpha value is -1.47. The molecule has 138 valence electrons. The summed E-state index contributed by atoms with van der Waals surface area (Å²) in [6, 6.07) is 5.61. The molecule has 0 N–H and O–H groups in total. The summed E-state index contributed by atoms with van der Waals surface area (Å²) < 4.78 is 40.3. The summed E-state index contributed by atoms with van der Waals surface area (Å²) in [6.07, 6.45) is 3.03. The molecular formula is C18H25FN2O3S. The maximum absolute atomic E-state index is 13.0. The molecule has 1 amide bonds. The van der Waals surface area contributed by atoms with E-state index in [1.807, 2.05) is 11.8 Å². The van der Waals surface area contributed by atoms with Gasteiger partial charge in [0, 0.05) is 38.0 Å². The van der Waals surface area contributed by atoms with Gasteiger partial charge in [0.1, 0.15) is 5.82 Å². The molecule has 1 aromatic carbocycles. The fourth-order valence-corrected chi connectivity index (χ4v) is 5.68. The maximum atomic E-state index is 13.0. The number of piperidine rings is 2. The molecule has 0 saturated carbocycles. The molecule has 2 fully saturated rings. The van der Waals surface area contributed by atoms with Crippen LogP contribution in [0.25, 0.3) is 0 Å². The van der Waals surface area contributed by atoms with Gasteiger partial charge in [0.25, 0.3) is 0 Å². The summed E-state index contributed by atoms with van der Waals surface area (Å²) >= 11 is 0. The minimum Gasteiger partial charge on any atom is -0.342 e. The smallest absolute Gasteiger partial charge is 0.222 e. The highest BCUT2D eigenvalue weighted by Crippen LogP contribution is 2.39. The Morgan fingerprint density at radius 3 is 2.56 bits per heavy atom. The van der Waals surface area contributed by atoms with Gasteiger partial charge in [-0.1, -0.05) is 12.1 Å². The van der Waals surface area contributed by atoms with Gasteiger partial charge in [-0.3, -0.25) is 4.79 Å². The molecule has 2 aliphatic heterocycles. The third kappa shape index (κ3) is 4.03. The van der Waals surface area contributed by atoms with Gasteiger partial charge < -0.3 is 4.90 Å². The highest BCUT2D eigenvalue weighted by atomic mass is 32.2. The van der Waals surface area contributed by atoms with E-state index in [0.717, 1.165) is 19.3 Å². The highest BCUT2D eigenvalue weighted by Gasteiger charge is 2.43. The van der Waals surface area contributed by atoms with Crippen molar-refractivity contribution in [3.63, 3.8) is 0 Å². The molecule has 3 rings (SSSR count). The first kappa shape index (κ1) is 18.3. The van der Waals surface area contributed by atoms with Crippen LogP contribution in [0.2, 0.25) is 0 Å². The lowest BCUT2D eigenvalue weighted by Gasteiger charge is -2.47. The molecule has 0 bridgehead atoms. The molecule has 2 heterocycles. The van der Waals surface area contributed by atoms with Gasteiger partial charge in [-0.15, -0.1) is 0 Å². The van der Waals surface area contributed by atoms with E-state index >= 15 is 0 Å². The van der Waals surface area contributed by atoms with Gasteiger partial charge >= 0.3 is 0 Å². The summed E-state index contributed by atoms with van der Waals surface area (Å²) in [5, 5.41) is 0. The van der Waals surface area contributed by atoms with Gasteiger partial charge in [0.15, 0.2) is 0 Å². The molecule has 5 nitrogen and oxygen atoms in total. The second kappa shape index (κ2) is 7.03. The van der Waals surface area contributed by atoms with Gasteiger partial charge in [0.05, 0.1) is 5.75 Å². The van der Waals surface area contributed by atoms with Crippen LogP contribution in [0, 0.1) is 11.2 Å². The number of carbonyl (C=O) groups excluding carboxylic acids is 1. The molecule has 0 aliphatic carbocycles. The van der Waals surface area contributed by atoms with Crippen molar-refractivity contribution in [3.8, 4) is 0 Å². The van der Waals surface area contributed by atoms with Gasteiger partial charge in [-0.2, -0.15) is 0 Å². The predicted octanol–water partition coefficient (Wildman–Crippen LogP) is 2.38. The topological polar surface area (TPSA) is 57.7 Å². The minimum absolute atomic E-state index is 0.111. The quantitative estimate of drug-likeness (QED) is 0.820. The number of benzene rings is 1. The van der Waals surface area contributed by atoms with Crippen molar-refractivity contribution in [1.29, 1.82) is 0 Å². The lowest BCUT2D eigenvalue weighted by molar-refractivity contribution is -0.138.